The largest absolute Gasteiger partial charge is 0.356 e. The van der Waals surface area contributed by atoms with Gasteiger partial charge in [-0.25, -0.2) is 4.98 Å². The van der Waals surface area contributed by atoms with Gasteiger partial charge in [-0.15, -0.1) is 0 Å². The zero-order valence-corrected chi connectivity index (χ0v) is 25.1. The first kappa shape index (κ1) is 32.4. The van der Waals surface area contributed by atoms with Gasteiger partial charge in [-0.2, -0.15) is 0 Å². The van der Waals surface area contributed by atoms with Gasteiger partial charge in [0.05, 0.1) is 12.2 Å². The first-order valence-electron chi connectivity index (χ1n) is 15.0. The molecule has 2 heterocycles. The van der Waals surface area contributed by atoms with Crippen LogP contribution in [0, 0.1) is 11.8 Å². The van der Waals surface area contributed by atoms with Crippen LogP contribution in [-0.2, 0) is 25.6 Å². The van der Waals surface area contributed by atoms with E-state index in [1.165, 1.54) is 18.6 Å². The van der Waals surface area contributed by atoms with E-state index >= 15 is 0 Å². The van der Waals surface area contributed by atoms with Crippen LogP contribution in [0.3, 0.4) is 0 Å². The Kier molecular flexibility index (Phi) is 11.3. The normalized spacial score (nSPS) is 17.6. The number of nitrogens with one attached hydrogen (secondary N) is 4. The van der Waals surface area contributed by atoms with E-state index in [0.717, 1.165) is 29.0 Å². The van der Waals surface area contributed by atoms with Crippen molar-refractivity contribution >= 4 is 41.1 Å². The maximum atomic E-state index is 14.0. The summed E-state index contributed by atoms with van der Waals surface area (Å²) in [5, 5.41) is 13.6. The summed E-state index contributed by atoms with van der Waals surface area (Å²) >= 11 is 0. The van der Waals surface area contributed by atoms with Crippen molar-refractivity contribution in [3.8, 4) is 0 Å². The standard InChI is InChI=1S/C33H40N6O5/c1-22(2)17-33(21-41,20-37-26(19-40)15-25-10-6-12-36-30(25)42)39-32(44)28(38-31(43)29-18-34-13-14-35-29)16-24-9-5-8-23-7-3-4-11-27(23)24/h3-5,7-9,11,13-14,18-19,21-22,25-26,28,37H,6,10,12,15-17,20H2,1-2H3,(H,36,42)(H,38,43)(H,39,44)/t25-,26-,28-,33+/m0/s1. The first-order chi connectivity index (χ1) is 21.2. The van der Waals surface area contributed by atoms with Crippen LogP contribution in [-0.4, -0.2) is 71.0 Å². The molecule has 0 radical (unpaired) electrons. The van der Waals surface area contributed by atoms with Crippen LogP contribution >= 0.6 is 0 Å². The van der Waals surface area contributed by atoms with Crippen molar-refractivity contribution in [2.45, 2.75) is 63.6 Å². The van der Waals surface area contributed by atoms with Gasteiger partial charge in [0.25, 0.3) is 5.91 Å². The molecule has 0 saturated carbocycles. The lowest BCUT2D eigenvalue weighted by Crippen LogP contribution is -2.62. The average molecular weight is 601 g/mol. The third-order valence-electron chi connectivity index (χ3n) is 7.87. The monoisotopic (exact) mass is 600 g/mol. The predicted octanol–water partition coefficient (Wildman–Crippen LogP) is 2.14. The fourth-order valence-electron chi connectivity index (χ4n) is 5.76. The number of rotatable bonds is 15. The van der Waals surface area contributed by atoms with E-state index in [4.69, 9.17) is 0 Å². The molecule has 0 aliphatic carbocycles. The Morgan fingerprint density at radius 1 is 1.11 bits per heavy atom. The lowest BCUT2D eigenvalue weighted by Gasteiger charge is -2.34. The van der Waals surface area contributed by atoms with E-state index in [2.05, 4.69) is 31.2 Å². The van der Waals surface area contributed by atoms with Crippen LogP contribution in [0.1, 0.15) is 55.6 Å². The molecule has 1 aromatic heterocycles. The molecule has 4 rings (SSSR count). The van der Waals surface area contributed by atoms with Crippen molar-refractivity contribution in [1.82, 2.24) is 31.2 Å². The van der Waals surface area contributed by atoms with Crippen molar-refractivity contribution < 1.29 is 24.0 Å². The summed E-state index contributed by atoms with van der Waals surface area (Å²) in [5.41, 5.74) is -0.488. The highest BCUT2D eigenvalue weighted by Gasteiger charge is 2.37. The minimum absolute atomic E-state index is 0.00630. The molecule has 3 aromatic rings. The molecule has 1 fully saturated rings. The van der Waals surface area contributed by atoms with Gasteiger partial charge in [-0.05, 0) is 47.9 Å². The van der Waals surface area contributed by atoms with Gasteiger partial charge < -0.3 is 30.9 Å². The maximum absolute atomic E-state index is 14.0. The minimum atomic E-state index is -1.38. The fraction of sp³-hybridized carbons (Fsp3) is 0.424. The van der Waals surface area contributed by atoms with Crippen LogP contribution in [0.25, 0.3) is 10.8 Å². The topological polar surface area (TPSA) is 159 Å². The van der Waals surface area contributed by atoms with Gasteiger partial charge in [-0.3, -0.25) is 19.4 Å². The second-order valence-corrected chi connectivity index (χ2v) is 11.8. The number of hydrogen-bond donors (Lipinski definition) is 4. The number of benzene rings is 2. The molecular weight excluding hydrogens is 560 g/mol. The number of nitrogens with zero attached hydrogens (tertiary/aromatic N) is 2. The highest BCUT2D eigenvalue weighted by molar-refractivity contribution is 5.97. The summed E-state index contributed by atoms with van der Waals surface area (Å²) < 4.78 is 0. The zero-order chi connectivity index (χ0) is 31.5. The van der Waals surface area contributed by atoms with Crippen molar-refractivity contribution in [2.75, 3.05) is 13.1 Å². The fourth-order valence-corrected chi connectivity index (χ4v) is 5.76. The summed E-state index contributed by atoms with van der Waals surface area (Å²) in [7, 11) is 0. The summed E-state index contributed by atoms with van der Waals surface area (Å²) in [6, 6.07) is 11.8. The highest BCUT2D eigenvalue weighted by Crippen LogP contribution is 2.22. The lowest BCUT2D eigenvalue weighted by molar-refractivity contribution is -0.128. The van der Waals surface area contributed by atoms with Crippen LogP contribution in [0.2, 0.25) is 0 Å². The van der Waals surface area contributed by atoms with Crippen molar-refractivity contribution in [3.63, 3.8) is 0 Å². The van der Waals surface area contributed by atoms with Crippen LogP contribution in [0.4, 0.5) is 0 Å². The maximum Gasteiger partial charge on any atom is 0.272 e. The van der Waals surface area contributed by atoms with Crippen molar-refractivity contribution in [1.29, 1.82) is 0 Å². The van der Waals surface area contributed by atoms with Gasteiger partial charge in [0, 0.05) is 37.8 Å². The summed E-state index contributed by atoms with van der Waals surface area (Å²) in [6.45, 7) is 4.45. The third-order valence-corrected chi connectivity index (χ3v) is 7.87. The second kappa shape index (κ2) is 15.3. The van der Waals surface area contributed by atoms with E-state index in [1.54, 1.807) is 0 Å². The van der Waals surface area contributed by atoms with Gasteiger partial charge in [0.1, 0.15) is 29.8 Å². The first-order valence-corrected chi connectivity index (χ1v) is 15.0. The number of aldehydes is 2. The number of fused-ring (bicyclic) bond motifs is 1. The van der Waals surface area contributed by atoms with Crippen molar-refractivity contribution in [3.05, 3.63) is 72.3 Å². The van der Waals surface area contributed by atoms with Gasteiger partial charge in [0.2, 0.25) is 11.8 Å². The molecule has 44 heavy (non-hydrogen) atoms. The van der Waals surface area contributed by atoms with E-state index in [0.29, 0.717) is 19.3 Å². The van der Waals surface area contributed by atoms with E-state index in [1.807, 2.05) is 56.3 Å². The Hall–Kier alpha value is -4.51. The lowest BCUT2D eigenvalue weighted by atomic mass is 9.88. The second-order valence-electron chi connectivity index (χ2n) is 11.8. The number of carbonyl (C=O) groups is 5. The quantitative estimate of drug-likeness (QED) is 0.193. The molecule has 232 valence electrons. The molecule has 1 aliphatic heterocycles. The van der Waals surface area contributed by atoms with Gasteiger partial charge >= 0.3 is 0 Å². The van der Waals surface area contributed by atoms with Gasteiger partial charge in [-0.1, -0.05) is 56.3 Å². The third kappa shape index (κ3) is 8.53. The Labute approximate surface area is 257 Å². The number of aromatic nitrogens is 2. The Morgan fingerprint density at radius 2 is 1.91 bits per heavy atom. The molecule has 1 aliphatic rings. The number of amides is 3. The molecule has 0 bridgehead atoms. The smallest absolute Gasteiger partial charge is 0.272 e. The zero-order valence-electron chi connectivity index (χ0n) is 25.1. The number of piperidine rings is 1. The van der Waals surface area contributed by atoms with Crippen LogP contribution in [0.15, 0.2) is 61.1 Å². The van der Waals surface area contributed by atoms with Crippen molar-refractivity contribution in [2.24, 2.45) is 11.8 Å². The SMILES string of the molecule is CC(C)C[C@](C=O)(CN[C@H](C=O)C[C@@H]1CCCNC1=O)NC(=O)[C@H](Cc1cccc2ccccc12)NC(=O)c1cnccn1. The molecule has 11 nitrogen and oxygen atoms in total. The van der Waals surface area contributed by atoms with E-state index in [9.17, 15) is 24.0 Å². The molecule has 1 saturated heterocycles. The molecule has 4 N–H and O–H groups in total. The average Bonchev–Trinajstić information content (AvgIpc) is 3.03. The minimum Gasteiger partial charge on any atom is -0.356 e. The summed E-state index contributed by atoms with van der Waals surface area (Å²) in [6.07, 6.45) is 7.81. The Bertz CT molecular complexity index is 1460. The predicted molar refractivity (Wildman–Crippen MR) is 166 cm³/mol. The molecular formula is C33H40N6O5. The summed E-state index contributed by atoms with van der Waals surface area (Å²) in [5.74, 6) is -1.52. The molecule has 2 aromatic carbocycles. The Morgan fingerprint density at radius 3 is 2.61 bits per heavy atom. The molecule has 4 atom stereocenters. The highest BCUT2D eigenvalue weighted by atomic mass is 16.2. The molecule has 11 heteroatoms. The molecule has 3 amide bonds. The van der Waals surface area contributed by atoms with E-state index in [-0.39, 0.29) is 49.2 Å². The van der Waals surface area contributed by atoms with E-state index < -0.39 is 29.4 Å². The van der Waals surface area contributed by atoms with Crippen LogP contribution in [0.5, 0.6) is 0 Å². The summed E-state index contributed by atoms with van der Waals surface area (Å²) in [4.78, 5) is 72.2. The van der Waals surface area contributed by atoms with Crippen LogP contribution < -0.4 is 21.3 Å². The number of hydrogen-bond acceptors (Lipinski definition) is 8. The van der Waals surface area contributed by atoms with Gasteiger partial charge in [0.15, 0.2) is 0 Å². The number of carbonyl (C=O) groups excluding carboxylic acids is 5. The molecule has 0 unspecified atom stereocenters. The molecule has 0 spiro atoms. The Balaban J connectivity index is 1.58.